The minimum atomic E-state index is -0.149. The van der Waals surface area contributed by atoms with Crippen LogP contribution in [0.4, 0.5) is 5.69 Å². The van der Waals surface area contributed by atoms with Crippen molar-refractivity contribution < 1.29 is 9.53 Å². The lowest BCUT2D eigenvalue weighted by Gasteiger charge is -2.10. The highest BCUT2D eigenvalue weighted by atomic mass is 16.5. The zero-order valence-corrected chi connectivity index (χ0v) is 16.3. The molecule has 3 aromatic rings. The summed E-state index contributed by atoms with van der Waals surface area (Å²) in [6.07, 6.45) is 6.27. The van der Waals surface area contributed by atoms with Gasteiger partial charge in [0.1, 0.15) is 5.75 Å². The van der Waals surface area contributed by atoms with Gasteiger partial charge in [0.05, 0.1) is 12.1 Å². The Morgan fingerprint density at radius 2 is 2.00 bits per heavy atom. The van der Waals surface area contributed by atoms with E-state index < -0.39 is 0 Å². The standard InChI is InChI=1S/C24H26N2O2/c1-3-4-5-6-7-15-28-22-10-8-9-21(17-22)26-24(27)20-13-14-23-19(16-20)12-11-18(2)25-23/h3,8-14,16-17H,1,4-7,15H2,2H3,(H,26,27). The minimum absolute atomic E-state index is 0.149. The Labute approximate surface area is 166 Å². The fourth-order valence-electron chi connectivity index (χ4n) is 2.99. The van der Waals surface area contributed by atoms with E-state index in [4.69, 9.17) is 4.74 Å². The van der Waals surface area contributed by atoms with Crippen molar-refractivity contribution in [3.63, 3.8) is 0 Å². The highest BCUT2D eigenvalue weighted by molar-refractivity contribution is 6.06. The third kappa shape index (κ3) is 5.43. The van der Waals surface area contributed by atoms with Gasteiger partial charge in [-0.2, -0.15) is 0 Å². The molecule has 3 rings (SSSR count). The predicted octanol–water partition coefficient (Wildman–Crippen LogP) is 5.92. The molecule has 1 heterocycles. The molecule has 0 fully saturated rings. The van der Waals surface area contributed by atoms with Crippen molar-refractivity contribution in [2.45, 2.75) is 32.6 Å². The molecule has 0 unspecified atom stereocenters. The summed E-state index contributed by atoms with van der Waals surface area (Å²) < 4.78 is 5.80. The summed E-state index contributed by atoms with van der Waals surface area (Å²) in [6.45, 7) is 6.36. The van der Waals surface area contributed by atoms with Crippen LogP contribution in [0, 0.1) is 6.92 Å². The van der Waals surface area contributed by atoms with Crippen molar-refractivity contribution in [2.24, 2.45) is 0 Å². The normalized spacial score (nSPS) is 10.6. The van der Waals surface area contributed by atoms with E-state index in [1.54, 1.807) is 6.07 Å². The molecule has 0 saturated heterocycles. The fraction of sp³-hybridized carbons (Fsp3) is 0.250. The van der Waals surface area contributed by atoms with Crippen molar-refractivity contribution in [1.82, 2.24) is 4.98 Å². The molecule has 0 spiro atoms. The first-order chi connectivity index (χ1) is 13.7. The topological polar surface area (TPSA) is 51.2 Å². The lowest BCUT2D eigenvalue weighted by molar-refractivity contribution is 0.102. The van der Waals surface area contributed by atoms with E-state index in [0.29, 0.717) is 12.2 Å². The molecule has 144 valence electrons. The highest BCUT2D eigenvalue weighted by Gasteiger charge is 2.08. The number of carbonyl (C=O) groups excluding carboxylic acids is 1. The zero-order chi connectivity index (χ0) is 19.8. The number of aryl methyl sites for hydroxylation is 1. The van der Waals surface area contributed by atoms with Crippen LogP contribution in [0.25, 0.3) is 10.9 Å². The molecule has 0 atom stereocenters. The number of fused-ring (bicyclic) bond motifs is 1. The van der Waals surface area contributed by atoms with E-state index in [2.05, 4.69) is 16.9 Å². The van der Waals surface area contributed by atoms with Crippen LogP contribution in [0.5, 0.6) is 5.75 Å². The van der Waals surface area contributed by atoms with Gasteiger partial charge in [0.25, 0.3) is 5.91 Å². The largest absolute Gasteiger partial charge is 0.494 e. The maximum atomic E-state index is 12.6. The van der Waals surface area contributed by atoms with Crippen LogP contribution in [0.15, 0.2) is 67.3 Å². The van der Waals surface area contributed by atoms with Crippen LogP contribution in [-0.2, 0) is 0 Å². The number of amides is 1. The van der Waals surface area contributed by atoms with Crippen molar-refractivity contribution in [3.8, 4) is 5.75 Å². The van der Waals surface area contributed by atoms with E-state index in [9.17, 15) is 4.79 Å². The molecule has 2 aromatic carbocycles. The van der Waals surface area contributed by atoms with Gasteiger partial charge < -0.3 is 10.1 Å². The first kappa shape index (κ1) is 19.6. The maximum absolute atomic E-state index is 12.6. The summed E-state index contributed by atoms with van der Waals surface area (Å²) >= 11 is 0. The maximum Gasteiger partial charge on any atom is 0.255 e. The summed E-state index contributed by atoms with van der Waals surface area (Å²) in [4.78, 5) is 17.1. The van der Waals surface area contributed by atoms with Crippen molar-refractivity contribution in [3.05, 3.63) is 78.5 Å². The van der Waals surface area contributed by atoms with E-state index in [0.717, 1.165) is 53.7 Å². The van der Waals surface area contributed by atoms with Crippen molar-refractivity contribution in [2.75, 3.05) is 11.9 Å². The Hall–Kier alpha value is -3.14. The van der Waals surface area contributed by atoms with E-state index in [1.165, 1.54) is 0 Å². The van der Waals surface area contributed by atoms with Crippen LogP contribution in [0.3, 0.4) is 0 Å². The fourth-order valence-corrected chi connectivity index (χ4v) is 2.99. The first-order valence-corrected chi connectivity index (χ1v) is 9.68. The molecule has 0 radical (unpaired) electrons. The summed E-state index contributed by atoms with van der Waals surface area (Å²) in [5.41, 5.74) is 3.17. The number of pyridine rings is 1. The van der Waals surface area contributed by atoms with E-state index in [1.807, 2.05) is 61.5 Å². The molecule has 28 heavy (non-hydrogen) atoms. The van der Waals surface area contributed by atoms with Gasteiger partial charge in [0.15, 0.2) is 0 Å². The number of hydrogen-bond donors (Lipinski definition) is 1. The second kappa shape index (κ2) is 9.70. The van der Waals surface area contributed by atoms with Crippen LogP contribution in [-0.4, -0.2) is 17.5 Å². The third-order valence-corrected chi connectivity index (χ3v) is 4.50. The van der Waals surface area contributed by atoms with Gasteiger partial charge in [-0.05, 0) is 69.0 Å². The van der Waals surface area contributed by atoms with Crippen LogP contribution < -0.4 is 10.1 Å². The molecule has 0 aliphatic carbocycles. The SMILES string of the molecule is C=CCCCCCOc1cccc(NC(=O)c2ccc3nc(C)ccc3c2)c1. The van der Waals surface area contributed by atoms with Gasteiger partial charge in [-0.15, -0.1) is 6.58 Å². The van der Waals surface area contributed by atoms with E-state index >= 15 is 0 Å². The number of aromatic nitrogens is 1. The first-order valence-electron chi connectivity index (χ1n) is 9.68. The molecule has 0 bridgehead atoms. The molecular formula is C24H26N2O2. The van der Waals surface area contributed by atoms with Crippen molar-refractivity contribution >= 4 is 22.5 Å². The Morgan fingerprint density at radius 1 is 1.11 bits per heavy atom. The molecule has 0 aliphatic rings. The monoisotopic (exact) mass is 374 g/mol. The van der Waals surface area contributed by atoms with Gasteiger partial charge in [0, 0.05) is 28.4 Å². The van der Waals surface area contributed by atoms with Gasteiger partial charge in [0.2, 0.25) is 0 Å². The molecule has 1 aromatic heterocycles. The zero-order valence-electron chi connectivity index (χ0n) is 16.3. The second-order valence-corrected chi connectivity index (χ2v) is 6.83. The molecule has 4 nitrogen and oxygen atoms in total. The van der Waals surface area contributed by atoms with Gasteiger partial charge in [-0.25, -0.2) is 0 Å². The average molecular weight is 374 g/mol. The number of nitrogens with one attached hydrogen (secondary N) is 1. The number of anilines is 1. The quantitative estimate of drug-likeness (QED) is 0.373. The Morgan fingerprint density at radius 3 is 2.86 bits per heavy atom. The van der Waals surface area contributed by atoms with Crippen LogP contribution in [0.2, 0.25) is 0 Å². The molecular weight excluding hydrogens is 348 g/mol. The van der Waals surface area contributed by atoms with Gasteiger partial charge >= 0.3 is 0 Å². The highest BCUT2D eigenvalue weighted by Crippen LogP contribution is 2.20. The molecule has 4 heteroatoms. The van der Waals surface area contributed by atoms with E-state index in [-0.39, 0.29) is 5.91 Å². The number of ether oxygens (including phenoxy) is 1. The lowest BCUT2D eigenvalue weighted by atomic mass is 10.1. The summed E-state index contributed by atoms with van der Waals surface area (Å²) in [7, 11) is 0. The van der Waals surface area contributed by atoms with Gasteiger partial charge in [-0.3, -0.25) is 9.78 Å². The second-order valence-electron chi connectivity index (χ2n) is 6.83. The van der Waals surface area contributed by atoms with Gasteiger partial charge in [-0.1, -0.05) is 18.2 Å². The molecule has 1 amide bonds. The summed E-state index contributed by atoms with van der Waals surface area (Å²) in [5.74, 6) is 0.615. The summed E-state index contributed by atoms with van der Waals surface area (Å²) in [6, 6.07) is 17.0. The average Bonchev–Trinajstić information content (AvgIpc) is 2.70. The Balaban J connectivity index is 1.59. The third-order valence-electron chi connectivity index (χ3n) is 4.50. The molecule has 0 aliphatic heterocycles. The number of allylic oxidation sites excluding steroid dienone is 1. The smallest absolute Gasteiger partial charge is 0.255 e. The minimum Gasteiger partial charge on any atom is -0.494 e. The number of hydrogen-bond acceptors (Lipinski definition) is 3. The van der Waals surface area contributed by atoms with Crippen LogP contribution >= 0.6 is 0 Å². The molecule has 0 saturated carbocycles. The summed E-state index contributed by atoms with van der Waals surface area (Å²) in [5, 5.41) is 3.89. The predicted molar refractivity (Wildman–Crippen MR) is 115 cm³/mol. The number of unbranched alkanes of at least 4 members (excludes halogenated alkanes) is 3. The number of nitrogens with zero attached hydrogens (tertiary/aromatic N) is 1. The van der Waals surface area contributed by atoms with Crippen molar-refractivity contribution in [1.29, 1.82) is 0 Å². The molecule has 1 N–H and O–H groups in total. The lowest BCUT2D eigenvalue weighted by Crippen LogP contribution is -2.12. The number of rotatable bonds is 9. The Kier molecular flexibility index (Phi) is 6.79. The number of benzene rings is 2. The number of carbonyl (C=O) groups is 1. The van der Waals surface area contributed by atoms with Crippen LogP contribution in [0.1, 0.15) is 41.7 Å². The Bertz CT molecular complexity index is 966.